The number of rotatable bonds is 3. The lowest BCUT2D eigenvalue weighted by molar-refractivity contribution is 0.448. The van der Waals surface area contributed by atoms with Gasteiger partial charge >= 0.3 is 0 Å². The van der Waals surface area contributed by atoms with E-state index in [1.54, 1.807) is 12.1 Å². The normalized spacial score (nSPS) is 12.2. The van der Waals surface area contributed by atoms with Crippen LogP contribution in [0.1, 0.15) is 29.7 Å². The van der Waals surface area contributed by atoms with Crippen LogP contribution in [0.25, 0.3) is 0 Å². The van der Waals surface area contributed by atoms with E-state index in [4.69, 9.17) is 0 Å². The Morgan fingerprint density at radius 3 is 2.11 bits per heavy atom. The second kappa shape index (κ2) is 5.22. The smallest absolute Gasteiger partial charge is 0.119 e. The lowest BCUT2D eigenvalue weighted by Crippen LogP contribution is -2.06. The van der Waals surface area contributed by atoms with Crippen LogP contribution >= 0.6 is 0 Å². The number of aryl methyl sites for hydroxylation is 2. The number of anilines is 1. The quantitative estimate of drug-likeness (QED) is 0.782. The fraction of sp³-hybridized carbons (Fsp3) is 0.250. The molecule has 3 heteroatoms. The summed E-state index contributed by atoms with van der Waals surface area (Å²) in [6.07, 6.45) is 0. The van der Waals surface area contributed by atoms with Crippen molar-refractivity contribution in [3.05, 3.63) is 53.1 Å². The molecule has 0 aliphatic rings. The average Bonchev–Trinajstić information content (AvgIpc) is 2.32. The first-order chi connectivity index (χ1) is 8.95. The Morgan fingerprint density at radius 1 is 0.895 bits per heavy atom. The third kappa shape index (κ3) is 3.19. The molecule has 3 nitrogen and oxygen atoms in total. The molecule has 2 aromatic carbocycles. The molecular weight excluding hydrogens is 238 g/mol. The van der Waals surface area contributed by atoms with Gasteiger partial charge in [0.05, 0.1) is 0 Å². The van der Waals surface area contributed by atoms with Gasteiger partial charge in [-0.05, 0) is 61.7 Å². The molecule has 1 unspecified atom stereocenters. The maximum atomic E-state index is 9.50. The molecule has 2 aromatic rings. The molecule has 0 aromatic heterocycles. The second-order valence-corrected chi connectivity index (χ2v) is 4.95. The van der Waals surface area contributed by atoms with Gasteiger partial charge in [0.15, 0.2) is 0 Å². The number of nitrogens with one attached hydrogen (secondary N) is 1. The van der Waals surface area contributed by atoms with Crippen molar-refractivity contribution in [2.24, 2.45) is 0 Å². The van der Waals surface area contributed by atoms with Crippen LogP contribution in [0, 0.1) is 13.8 Å². The maximum Gasteiger partial charge on any atom is 0.119 e. The Hall–Kier alpha value is -2.16. The highest BCUT2D eigenvalue weighted by molar-refractivity contribution is 5.50. The summed E-state index contributed by atoms with van der Waals surface area (Å²) < 4.78 is 0. The summed E-state index contributed by atoms with van der Waals surface area (Å²) in [5.41, 5.74) is 4.36. The van der Waals surface area contributed by atoms with Crippen molar-refractivity contribution in [3.63, 3.8) is 0 Å². The number of phenols is 2. The van der Waals surface area contributed by atoms with Crippen LogP contribution in [0.3, 0.4) is 0 Å². The summed E-state index contributed by atoms with van der Waals surface area (Å²) in [6, 6.07) is 10.8. The summed E-state index contributed by atoms with van der Waals surface area (Å²) in [4.78, 5) is 0. The van der Waals surface area contributed by atoms with Gasteiger partial charge in [0.2, 0.25) is 0 Å². The molecule has 0 amide bonds. The van der Waals surface area contributed by atoms with Gasteiger partial charge in [-0.15, -0.1) is 0 Å². The molecule has 0 fully saturated rings. The number of benzene rings is 2. The summed E-state index contributed by atoms with van der Waals surface area (Å²) in [5.74, 6) is 0.146. The van der Waals surface area contributed by atoms with Crippen molar-refractivity contribution in [2.45, 2.75) is 26.8 Å². The second-order valence-electron chi connectivity index (χ2n) is 4.95. The van der Waals surface area contributed by atoms with E-state index in [2.05, 4.69) is 31.3 Å². The minimum absolute atomic E-state index is 0.0000983. The van der Waals surface area contributed by atoms with Crippen molar-refractivity contribution in [3.8, 4) is 11.5 Å². The SMILES string of the molecule is Cc1ccc(NC(C)c2cc(O)cc(O)c2)cc1C. The van der Waals surface area contributed by atoms with E-state index in [-0.39, 0.29) is 17.5 Å². The number of hydrogen-bond donors (Lipinski definition) is 3. The molecule has 1 atom stereocenters. The van der Waals surface area contributed by atoms with Crippen molar-refractivity contribution in [2.75, 3.05) is 5.32 Å². The summed E-state index contributed by atoms with van der Waals surface area (Å²) in [5, 5.41) is 22.4. The van der Waals surface area contributed by atoms with Crippen molar-refractivity contribution < 1.29 is 10.2 Å². The molecule has 3 N–H and O–H groups in total. The first-order valence-electron chi connectivity index (χ1n) is 6.32. The molecule has 2 rings (SSSR count). The topological polar surface area (TPSA) is 52.5 Å². The minimum Gasteiger partial charge on any atom is -0.508 e. The molecule has 19 heavy (non-hydrogen) atoms. The fourth-order valence-corrected chi connectivity index (χ4v) is 2.03. The molecular formula is C16H19NO2. The van der Waals surface area contributed by atoms with E-state index in [1.165, 1.54) is 17.2 Å². The monoisotopic (exact) mass is 257 g/mol. The van der Waals surface area contributed by atoms with Crippen LogP contribution < -0.4 is 5.32 Å². The highest BCUT2D eigenvalue weighted by atomic mass is 16.3. The number of phenolic OH excluding ortho intramolecular Hbond substituents is 2. The zero-order valence-electron chi connectivity index (χ0n) is 11.4. The standard InChI is InChI=1S/C16H19NO2/c1-10-4-5-14(6-11(10)2)17-12(3)13-7-15(18)9-16(19)8-13/h4-9,12,17-19H,1-3H3. The fourth-order valence-electron chi connectivity index (χ4n) is 2.03. The average molecular weight is 257 g/mol. The summed E-state index contributed by atoms with van der Waals surface area (Å²) >= 11 is 0. The minimum atomic E-state index is 0.0000983. The molecule has 0 spiro atoms. The van der Waals surface area contributed by atoms with Crippen LogP contribution in [-0.4, -0.2) is 10.2 Å². The molecule has 0 aliphatic carbocycles. The Labute approximate surface area is 113 Å². The lowest BCUT2D eigenvalue weighted by atomic mass is 10.1. The largest absolute Gasteiger partial charge is 0.508 e. The van der Waals surface area contributed by atoms with Gasteiger partial charge in [-0.1, -0.05) is 6.07 Å². The van der Waals surface area contributed by atoms with Gasteiger partial charge in [-0.3, -0.25) is 0 Å². The highest BCUT2D eigenvalue weighted by Crippen LogP contribution is 2.27. The first kappa shape index (κ1) is 13.3. The Balaban J connectivity index is 2.20. The van der Waals surface area contributed by atoms with Crippen molar-refractivity contribution >= 4 is 5.69 Å². The van der Waals surface area contributed by atoms with Crippen molar-refractivity contribution in [1.29, 1.82) is 0 Å². The number of hydrogen-bond acceptors (Lipinski definition) is 3. The van der Waals surface area contributed by atoms with E-state index in [1.807, 2.05) is 13.0 Å². The Kier molecular flexibility index (Phi) is 3.65. The maximum absolute atomic E-state index is 9.50. The van der Waals surface area contributed by atoms with E-state index in [0.29, 0.717) is 0 Å². The van der Waals surface area contributed by atoms with E-state index >= 15 is 0 Å². The molecule has 0 saturated carbocycles. The van der Waals surface area contributed by atoms with Crippen LogP contribution in [0.15, 0.2) is 36.4 Å². The molecule has 0 heterocycles. The van der Waals surface area contributed by atoms with Crippen LogP contribution in [0.2, 0.25) is 0 Å². The van der Waals surface area contributed by atoms with Gasteiger partial charge in [0.1, 0.15) is 11.5 Å². The molecule has 0 radical (unpaired) electrons. The first-order valence-corrected chi connectivity index (χ1v) is 6.32. The predicted octanol–water partition coefficient (Wildman–Crippen LogP) is 3.89. The Morgan fingerprint density at radius 2 is 1.53 bits per heavy atom. The Bertz CT molecular complexity index is 573. The van der Waals surface area contributed by atoms with Gasteiger partial charge in [0, 0.05) is 17.8 Å². The molecule has 0 aliphatic heterocycles. The van der Waals surface area contributed by atoms with Gasteiger partial charge in [0.25, 0.3) is 0 Å². The highest BCUT2D eigenvalue weighted by Gasteiger charge is 2.08. The lowest BCUT2D eigenvalue weighted by Gasteiger charge is -2.17. The third-order valence-corrected chi connectivity index (χ3v) is 3.31. The van der Waals surface area contributed by atoms with Gasteiger partial charge in [-0.25, -0.2) is 0 Å². The summed E-state index contributed by atoms with van der Waals surface area (Å²) in [6.45, 7) is 6.14. The molecule has 0 bridgehead atoms. The molecule has 0 saturated heterocycles. The van der Waals surface area contributed by atoms with Crippen molar-refractivity contribution in [1.82, 2.24) is 0 Å². The van der Waals surface area contributed by atoms with Crippen LogP contribution in [0.5, 0.6) is 11.5 Å². The van der Waals surface area contributed by atoms with Crippen LogP contribution in [-0.2, 0) is 0 Å². The molecule has 100 valence electrons. The zero-order chi connectivity index (χ0) is 14.0. The van der Waals surface area contributed by atoms with Gasteiger partial charge < -0.3 is 15.5 Å². The third-order valence-electron chi connectivity index (χ3n) is 3.31. The predicted molar refractivity (Wildman–Crippen MR) is 77.7 cm³/mol. The van der Waals surface area contributed by atoms with Crippen LogP contribution in [0.4, 0.5) is 5.69 Å². The van der Waals surface area contributed by atoms with Gasteiger partial charge in [-0.2, -0.15) is 0 Å². The van der Waals surface area contributed by atoms with E-state index in [9.17, 15) is 10.2 Å². The van der Waals surface area contributed by atoms with E-state index in [0.717, 1.165) is 11.3 Å². The summed E-state index contributed by atoms with van der Waals surface area (Å²) in [7, 11) is 0. The zero-order valence-corrected chi connectivity index (χ0v) is 11.4. The van der Waals surface area contributed by atoms with E-state index < -0.39 is 0 Å². The number of aromatic hydroxyl groups is 2.